The van der Waals surface area contributed by atoms with Gasteiger partial charge in [-0.25, -0.2) is 8.42 Å². The minimum absolute atomic E-state index is 0.241. The lowest BCUT2D eigenvalue weighted by atomic mass is 10.3. The van der Waals surface area contributed by atoms with Gasteiger partial charge in [-0.15, -0.1) is 0 Å². The van der Waals surface area contributed by atoms with E-state index in [0.717, 1.165) is 12.1 Å². The lowest BCUT2D eigenvalue weighted by molar-refractivity contribution is -0.0499. The van der Waals surface area contributed by atoms with Crippen molar-refractivity contribution in [1.29, 1.82) is 0 Å². The zero-order chi connectivity index (χ0) is 12.5. The molecule has 0 saturated heterocycles. The zero-order valence-electron chi connectivity index (χ0n) is 7.25. The number of alkyl halides is 2. The SMILES string of the molecule is O=S(=O)(Cl)c1cc(OC(F)F)c(Cl)cc1Cl. The summed E-state index contributed by atoms with van der Waals surface area (Å²) < 4.78 is 49.9. The molecule has 1 aromatic rings. The van der Waals surface area contributed by atoms with Gasteiger partial charge >= 0.3 is 6.61 Å². The van der Waals surface area contributed by atoms with Gasteiger partial charge in [-0.05, 0) is 6.07 Å². The molecule has 0 aliphatic heterocycles. The third-order valence-electron chi connectivity index (χ3n) is 1.47. The predicted octanol–water partition coefficient (Wildman–Crippen LogP) is 3.52. The molecule has 0 amide bonds. The number of benzene rings is 1. The molecule has 0 unspecified atom stereocenters. The molecule has 9 heteroatoms. The molecule has 3 nitrogen and oxygen atoms in total. The van der Waals surface area contributed by atoms with Crippen molar-refractivity contribution in [2.75, 3.05) is 0 Å². The molecule has 0 radical (unpaired) electrons. The van der Waals surface area contributed by atoms with Crippen molar-refractivity contribution < 1.29 is 21.9 Å². The summed E-state index contributed by atoms with van der Waals surface area (Å²) >= 11 is 11.0. The van der Waals surface area contributed by atoms with E-state index in [1.54, 1.807) is 0 Å². The normalized spacial score (nSPS) is 11.9. The van der Waals surface area contributed by atoms with Crippen LogP contribution in [0, 0.1) is 0 Å². The summed E-state index contributed by atoms with van der Waals surface area (Å²) in [5.74, 6) is -0.514. The molecule has 0 atom stereocenters. The maximum Gasteiger partial charge on any atom is 0.387 e. The number of hydrogen-bond acceptors (Lipinski definition) is 3. The van der Waals surface area contributed by atoms with Crippen molar-refractivity contribution >= 4 is 42.9 Å². The molecule has 0 heterocycles. The number of hydrogen-bond donors (Lipinski definition) is 0. The molecule has 1 aromatic carbocycles. The van der Waals surface area contributed by atoms with E-state index >= 15 is 0 Å². The van der Waals surface area contributed by atoms with Crippen LogP contribution in [0.5, 0.6) is 5.75 Å². The maximum atomic E-state index is 11.9. The van der Waals surface area contributed by atoms with Crippen LogP contribution in [0.25, 0.3) is 0 Å². The minimum atomic E-state index is -4.15. The van der Waals surface area contributed by atoms with Gasteiger partial charge in [0.15, 0.2) is 0 Å². The molecule has 0 spiro atoms. The molecule has 0 aliphatic rings. The second kappa shape index (κ2) is 4.91. The fraction of sp³-hybridized carbons (Fsp3) is 0.143. The Morgan fingerprint density at radius 1 is 1.19 bits per heavy atom. The second-order valence-corrected chi connectivity index (χ2v) is 5.88. The highest BCUT2D eigenvalue weighted by Gasteiger charge is 2.19. The fourth-order valence-electron chi connectivity index (χ4n) is 0.884. The van der Waals surface area contributed by atoms with Gasteiger partial charge in [-0.3, -0.25) is 0 Å². The molecular formula is C7H3Cl3F2O3S. The van der Waals surface area contributed by atoms with Crippen LogP contribution in [0.1, 0.15) is 0 Å². The zero-order valence-corrected chi connectivity index (χ0v) is 10.3. The Bertz CT molecular complexity index is 504. The molecule has 0 bridgehead atoms. The van der Waals surface area contributed by atoms with E-state index in [4.69, 9.17) is 33.9 Å². The first-order chi connectivity index (χ1) is 7.21. The van der Waals surface area contributed by atoms with Crippen molar-refractivity contribution in [3.05, 3.63) is 22.2 Å². The Morgan fingerprint density at radius 3 is 2.19 bits per heavy atom. The van der Waals surface area contributed by atoms with E-state index in [-0.39, 0.29) is 10.0 Å². The molecule has 90 valence electrons. The van der Waals surface area contributed by atoms with E-state index in [1.807, 2.05) is 0 Å². The summed E-state index contributed by atoms with van der Waals surface area (Å²) in [7, 11) is 0.875. The number of rotatable bonds is 3. The Balaban J connectivity index is 3.33. The van der Waals surface area contributed by atoms with E-state index in [9.17, 15) is 17.2 Å². The third-order valence-corrected chi connectivity index (χ3v) is 3.55. The molecule has 0 fully saturated rings. The summed E-state index contributed by atoms with van der Waals surface area (Å²) in [5, 5.41) is -0.518. The van der Waals surface area contributed by atoms with E-state index in [2.05, 4.69) is 4.74 Å². The van der Waals surface area contributed by atoms with Crippen LogP contribution >= 0.6 is 33.9 Å². The van der Waals surface area contributed by atoms with Crippen LogP contribution in [0.2, 0.25) is 10.0 Å². The van der Waals surface area contributed by atoms with Crippen molar-refractivity contribution in [1.82, 2.24) is 0 Å². The van der Waals surface area contributed by atoms with Gasteiger partial charge in [-0.1, -0.05) is 23.2 Å². The Hall–Kier alpha value is -0.300. The number of halogens is 5. The van der Waals surface area contributed by atoms with Crippen LogP contribution in [0.3, 0.4) is 0 Å². The Morgan fingerprint density at radius 2 is 1.75 bits per heavy atom. The minimum Gasteiger partial charge on any atom is -0.433 e. The standard InChI is InChI=1S/C7H3Cl3F2O3S/c8-3-1-4(9)6(16(10,13)14)2-5(3)15-7(11)12/h1-2,7H. The van der Waals surface area contributed by atoms with Crippen LogP contribution < -0.4 is 4.74 Å². The van der Waals surface area contributed by atoms with Crippen molar-refractivity contribution in [3.63, 3.8) is 0 Å². The van der Waals surface area contributed by atoms with E-state index in [0.29, 0.717) is 0 Å². The first-order valence-electron chi connectivity index (χ1n) is 3.60. The van der Waals surface area contributed by atoms with Gasteiger partial charge in [0.25, 0.3) is 9.05 Å². The van der Waals surface area contributed by atoms with Crippen LogP contribution in [-0.4, -0.2) is 15.0 Å². The molecular weight excluding hydrogens is 308 g/mol. The fourth-order valence-corrected chi connectivity index (χ4v) is 2.66. The average Bonchev–Trinajstić information content (AvgIpc) is 2.06. The molecule has 0 saturated carbocycles. The first-order valence-corrected chi connectivity index (χ1v) is 6.67. The highest BCUT2D eigenvalue weighted by Crippen LogP contribution is 2.35. The third kappa shape index (κ3) is 3.35. The van der Waals surface area contributed by atoms with Gasteiger partial charge < -0.3 is 4.74 Å². The predicted molar refractivity (Wildman–Crippen MR) is 56.1 cm³/mol. The Labute approximate surface area is 104 Å². The smallest absolute Gasteiger partial charge is 0.387 e. The van der Waals surface area contributed by atoms with Crippen LogP contribution in [0.15, 0.2) is 17.0 Å². The topological polar surface area (TPSA) is 43.4 Å². The van der Waals surface area contributed by atoms with Gasteiger partial charge in [-0.2, -0.15) is 8.78 Å². The van der Waals surface area contributed by atoms with Gasteiger partial charge in [0.2, 0.25) is 0 Å². The van der Waals surface area contributed by atoms with E-state index in [1.165, 1.54) is 0 Å². The summed E-state index contributed by atoms with van der Waals surface area (Å²) in [4.78, 5) is -0.545. The highest BCUT2D eigenvalue weighted by atomic mass is 35.7. The van der Waals surface area contributed by atoms with Gasteiger partial charge in [0, 0.05) is 16.7 Å². The molecule has 0 N–H and O–H groups in total. The van der Waals surface area contributed by atoms with Crippen molar-refractivity contribution in [2.24, 2.45) is 0 Å². The summed E-state index contributed by atoms with van der Waals surface area (Å²) in [6.45, 7) is -3.13. The van der Waals surface area contributed by atoms with Crippen molar-refractivity contribution in [2.45, 2.75) is 11.5 Å². The van der Waals surface area contributed by atoms with E-state index < -0.39 is 26.3 Å². The van der Waals surface area contributed by atoms with Gasteiger partial charge in [0.1, 0.15) is 10.6 Å². The quantitative estimate of drug-likeness (QED) is 0.802. The first kappa shape index (κ1) is 13.8. The molecule has 1 rings (SSSR count). The monoisotopic (exact) mass is 310 g/mol. The number of ether oxygens (including phenoxy) is 1. The summed E-state index contributed by atoms with van der Waals surface area (Å²) in [5.41, 5.74) is 0. The van der Waals surface area contributed by atoms with Crippen LogP contribution in [-0.2, 0) is 9.05 Å². The summed E-state index contributed by atoms with van der Waals surface area (Å²) in [6, 6.07) is 1.69. The average molecular weight is 312 g/mol. The second-order valence-electron chi connectivity index (χ2n) is 2.53. The summed E-state index contributed by atoms with van der Waals surface area (Å²) in [6.07, 6.45) is 0. The molecule has 16 heavy (non-hydrogen) atoms. The Kier molecular flexibility index (Phi) is 4.23. The largest absolute Gasteiger partial charge is 0.433 e. The molecule has 0 aromatic heterocycles. The lowest BCUT2D eigenvalue weighted by Crippen LogP contribution is -2.03. The van der Waals surface area contributed by atoms with Crippen molar-refractivity contribution in [3.8, 4) is 5.75 Å². The lowest BCUT2D eigenvalue weighted by Gasteiger charge is -2.08. The molecule has 0 aliphatic carbocycles. The van der Waals surface area contributed by atoms with Gasteiger partial charge in [0.05, 0.1) is 10.0 Å². The van der Waals surface area contributed by atoms with Crippen LogP contribution in [0.4, 0.5) is 8.78 Å². The highest BCUT2D eigenvalue weighted by molar-refractivity contribution is 8.13. The maximum absolute atomic E-state index is 11.9.